The van der Waals surface area contributed by atoms with Crippen molar-refractivity contribution in [2.45, 2.75) is 13.5 Å². The topological polar surface area (TPSA) is 38.3 Å². The van der Waals surface area contributed by atoms with E-state index in [1.165, 1.54) is 0 Å². The lowest BCUT2D eigenvalue weighted by Gasteiger charge is -2.10. The standard InChI is InChI=1S/C21H17BrClNO2/c1-14-2-9-18(23)12-20(14)24-21(25)16-5-3-15(4-6-16)13-26-19-10-7-17(22)8-11-19/h2-12H,13H2,1H3,(H,24,25). The summed E-state index contributed by atoms with van der Waals surface area (Å²) in [6.07, 6.45) is 0. The predicted octanol–water partition coefficient (Wildman–Crippen LogP) is 6.24. The number of hydrogen-bond donors (Lipinski definition) is 1. The summed E-state index contributed by atoms with van der Waals surface area (Å²) >= 11 is 9.39. The average molecular weight is 431 g/mol. The molecule has 0 saturated carbocycles. The summed E-state index contributed by atoms with van der Waals surface area (Å²) in [7, 11) is 0. The van der Waals surface area contributed by atoms with E-state index in [0.717, 1.165) is 21.3 Å². The molecule has 3 nitrogen and oxygen atoms in total. The maximum absolute atomic E-state index is 12.4. The molecular formula is C21H17BrClNO2. The lowest BCUT2D eigenvalue weighted by molar-refractivity contribution is 0.102. The number of benzene rings is 3. The lowest BCUT2D eigenvalue weighted by Crippen LogP contribution is -2.12. The van der Waals surface area contributed by atoms with Crippen molar-refractivity contribution in [1.82, 2.24) is 0 Å². The predicted molar refractivity (Wildman–Crippen MR) is 109 cm³/mol. The zero-order valence-electron chi connectivity index (χ0n) is 14.1. The second kappa shape index (κ2) is 8.39. The van der Waals surface area contributed by atoms with Crippen LogP contribution < -0.4 is 10.1 Å². The first-order valence-electron chi connectivity index (χ1n) is 8.06. The SMILES string of the molecule is Cc1ccc(Cl)cc1NC(=O)c1ccc(COc2ccc(Br)cc2)cc1. The number of aryl methyl sites for hydroxylation is 1. The molecule has 26 heavy (non-hydrogen) atoms. The molecule has 0 heterocycles. The monoisotopic (exact) mass is 429 g/mol. The van der Waals surface area contributed by atoms with Gasteiger partial charge < -0.3 is 10.1 Å². The van der Waals surface area contributed by atoms with Crippen molar-refractivity contribution in [2.75, 3.05) is 5.32 Å². The minimum atomic E-state index is -0.171. The molecule has 1 N–H and O–H groups in total. The van der Waals surface area contributed by atoms with Gasteiger partial charge in [-0.15, -0.1) is 0 Å². The second-order valence-electron chi connectivity index (χ2n) is 5.85. The second-order valence-corrected chi connectivity index (χ2v) is 7.20. The summed E-state index contributed by atoms with van der Waals surface area (Å²) in [5, 5.41) is 3.48. The van der Waals surface area contributed by atoms with Gasteiger partial charge in [-0.2, -0.15) is 0 Å². The molecule has 3 aromatic carbocycles. The van der Waals surface area contributed by atoms with Crippen molar-refractivity contribution in [3.05, 3.63) is 92.9 Å². The minimum absolute atomic E-state index is 0.171. The number of carbonyl (C=O) groups excluding carboxylic acids is 1. The highest BCUT2D eigenvalue weighted by Gasteiger charge is 2.08. The van der Waals surface area contributed by atoms with Gasteiger partial charge in [-0.05, 0) is 66.6 Å². The molecule has 0 bridgehead atoms. The number of halogens is 2. The molecular weight excluding hydrogens is 414 g/mol. The Kier molecular flexibility index (Phi) is 5.96. The van der Waals surface area contributed by atoms with Crippen LogP contribution in [0.5, 0.6) is 5.75 Å². The molecule has 0 atom stereocenters. The number of ether oxygens (including phenoxy) is 1. The van der Waals surface area contributed by atoms with E-state index >= 15 is 0 Å². The van der Waals surface area contributed by atoms with Gasteiger partial charge in [0.25, 0.3) is 5.91 Å². The van der Waals surface area contributed by atoms with Crippen molar-refractivity contribution < 1.29 is 9.53 Å². The Morgan fingerprint density at radius 2 is 1.73 bits per heavy atom. The number of amides is 1. The quantitative estimate of drug-likeness (QED) is 0.520. The van der Waals surface area contributed by atoms with Crippen LogP contribution in [0.1, 0.15) is 21.5 Å². The van der Waals surface area contributed by atoms with Gasteiger partial charge in [-0.3, -0.25) is 4.79 Å². The van der Waals surface area contributed by atoms with E-state index in [1.807, 2.05) is 49.4 Å². The Balaban J connectivity index is 1.62. The normalized spacial score (nSPS) is 10.4. The zero-order valence-corrected chi connectivity index (χ0v) is 16.5. The first-order chi connectivity index (χ1) is 12.5. The first kappa shape index (κ1) is 18.5. The van der Waals surface area contributed by atoms with E-state index in [-0.39, 0.29) is 5.91 Å². The summed E-state index contributed by atoms with van der Waals surface area (Å²) in [6, 6.07) is 20.4. The molecule has 0 aliphatic rings. The zero-order chi connectivity index (χ0) is 18.5. The van der Waals surface area contributed by atoms with Gasteiger partial charge in [0.05, 0.1) is 0 Å². The van der Waals surface area contributed by atoms with E-state index < -0.39 is 0 Å². The van der Waals surface area contributed by atoms with Crippen LogP contribution >= 0.6 is 27.5 Å². The molecule has 0 radical (unpaired) electrons. The van der Waals surface area contributed by atoms with E-state index in [9.17, 15) is 4.79 Å². The van der Waals surface area contributed by atoms with Crippen LogP contribution in [-0.2, 0) is 6.61 Å². The number of rotatable bonds is 5. The minimum Gasteiger partial charge on any atom is -0.489 e. The highest BCUT2D eigenvalue weighted by molar-refractivity contribution is 9.10. The highest BCUT2D eigenvalue weighted by atomic mass is 79.9. The van der Waals surface area contributed by atoms with Crippen molar-refractivity contribution in [3.63, 3.8) is 0 Å². The molecule has 0 fully saturated rings. The number of anilines is 1. The fourth-order valence-corrected chi connectivity index (χ4v) is 2.81. The molecule has 0 unspecified atom stereocenters. The van der Waals surface area contributed by atoms with Gasteiger partial charge in [-0.1, -0.05) is 45.7 Å². The Labute approximate surface area is 166 Å². The summed E-state index contributed by atoms with van der Waals surface area (Å²) < 4.78 is 6.75. The third-order valence-electron chi connectivity index (χ3n) is 3.88. The van der Waals surface area contributed by atoms with Crippen LogP contribution in [-0.4, -0.2) is 5.91 Å². The van der Waals surface area contributed by atoms with E-state index in [2.05, 4.69) is 21.2 Å². The Hall–Kier alpha value is -2.30. The van der Waals surface area contributed by atoms with Crippen molar-refractivity contribution in [1.29, 1.82) is 0 Å². The Morgan fingerprint density at radius 1 is 1.04 bits per heavy atom. The van der Waals surface area contributed by atoms with E-state index in [4.69, 9.17) is 16.3 Å². The van der Waals surface area contributed by atoms with Crippen LogP contribution in [0.15, 0.2) is 71.2 Å². The van der Waals surface area contributed by atoms with Crippen molar-refractivity contribution >= 4 is 39.1 Å². The largest absolute Gasteiger partial charge is 0.489 e. The van der Waals surface area contributed by atoms with Gasteiger partial charge in [0.1, 0.15) is 12.4 Å². The molecule has 0 aliphatic carbocycles. The molecule has 0 spiro atoms. The Bertz CT molecular complexity index is 908. The van der Waals surface area contributed by atoms with Gasteiger partial charge in [0.15, 0.2) is 0 Å². The third kappa shape index (κ3) is 4.87. The highest BCUT2D eigenvalue weighted by Crippen LogP contribution is 2.21. The number of nitrogens with one attached hydrogen (secondary N) is 1. The first-order valence-corrected chi connectivity index (χ1v) is 9.23. The molecule has 132 valence electrons. The lowest BCUT2D eigenvalue weighted by atomic mass is 10.1. The maximum Gasteiger partial charge on any atom is 0.255 e. The van der Waals surface area contributed by atoms with Crippen LogP contribution in [0.4, 0.5) is 5.69 Å². The van der Waals surface area contributed by atoms with Gasteiger partial charge in [0.2, 0.25) is 0 Å². The van der Waals surface area contributed by atoms with Gasteiger partial charge >= 0.3 is 0 Å². The summed E-state index contributed by atoms with van der Waals surface area (Å²) in [6.45, 7) is 2.37. The van der Waals surface area contributed by atoms with Crippen LogP contribution in [0, 0.1) is 6.92 Å². The van der Waals surface area contributed by atoms with Crippen LogP contribution in [0.2, 0.25) is 5.02 Å². The smallest absolute Gasteiger partial charge is 0.255 e. The average Bonchev–Trinajstić information content (AvgIpc) is 2.64. The van der Waals surface area contributed by atoms with Gasteiger partial charge in [0, 0.05) is 20.7 Å². The Morgan fingerprint density at radius 3 is 2.42 bits per heavy atom. The van der Waals surface area contributed by atoms with E-state index in [1.54, 1.807) is 24.3 Å². The van der Waals surface area contributed by atoms with Crippen LogP contribution in [0.3, 0.4) is 0 Å². The van der Waals surface area contributed by atoms with Crippen molar-refractivity contribution in [2.24, 2.45) is 0 Å². The summed E-state index contributed by atoms with van der Waals surface area (Å²) in [4.78, 5) is 12.4. The molecule has 0 aromatic heterocycles. The number of hydrogen-bond acceptors (Lipinski definition) is 2. The third-order valence-corrected chi connectivity index (χ3v) is 4.65. The molecule has 1 amide bonds. The van der Waals surface area contributed by atoms with Crippen LogP contribution in [0.25, 0.3) is 0 Å². The summed E-state index contributed by atoms with van der Waals surface area (Å²) in [5.74, 6) is 0.627. The fraction of sp³-hybridized carbons (Fsp3) is 0.0952. The molecule has 3 aromatic rings. The molecule has 0 saturated heterocycles. The molecule has 0 aliphatic heterocycles. The van der Waals surface area contributed by atoms with E-state index in [0.29, 0.717) is 22.9 Å². The molecule has 3 rings (SSSR count). The maximum atomic E-state index is 12.4. The fourth-order valence-electron chi connectivity index (χ4n) is 2.37. The van der Waals surface area contributed by atoms with Gasteiger partial charge in [-0.25, -0.2) is 0 Å². The summed E-state index contributed by atoms with van der Waals surface area (Å²) in [5.41, 5.74) is 3.24. The number of carbonyl (C=O) groups is 1. The van der Waals surface area contributed by atoms with Crippen molar-refractivity contribution in [3.8, 4) is 5.75 Å². The molecule has 5 heteroatoms.